The molecule has 1 atom stereocenters. The summed E-state index contributed by atoms with van der Waals surface area (Å²) in [6.45, 7) is 1.70. The maximum Gasteiger partial charge on any atom is 0.414 e. The minimum atomic E-state index is -0.453. The Hall–Kier alpha value is -2.08. The topological polar surface area (TPSA) is 70.1 Å². The largest absolute Gasteiger partial charge is 0.441 e. The number of cyclic esters (lactones) is 1. The van der Waals surface area contributed by atoms with E-state index in [2.05, 4.69) is 4.90 Å². The van der Waals surface area contributed by atoms with Crippen LogP contribution in [-0.4, -0.2) is 49.3 Å². The predicted molar refractivity (Wildman–Crippen MR) is 77.6 cm³/mol. The van der Waals surface area contributed by atoms with Gasteiger partial charge in [0.05, 0.1) is 13.2 Å². The molecule has 0 bridgehead atoms. The molecule has 1 aromatic carbocycles. The summed E-state index contributed by atoms with van der Waals surface area (Å²) in [4.78, 5) is 26.7. The van der Waals surface area contributed by atoms with Gasteiger partial charge in [-0.05, 0) is 24.3 Å². The van der Waals surface area contributed by atoms with Crippen molar-refractivity contribution in [2.75, 3.05) is 36.0 Å². The monoisotopic (exact) mass is 290 g/mol. The number of aliphatic hydroxyl groups excluding tert-OH is 1. The summed E-state index contributed by atoms with van der Waals surface area (Å²) >= 11 is 0. The second kappa shape index (κ2) is 5.73. The molecule has 2 heterocycles. The van der Waals surface area contributed by atoms with Crippen molar-refractivity contribution < 1.29 is 19.4 Å². The fourth-order valence-electron chi connectivity index (χ4n) is 2.69. The number of benzene rings is 1. The van der Waals surface area contributed by atoms with Gasteiger partial charge in [0.25, 0.3) is 0 Å². The molecular formula is C15H18N2O4. The van der Waals surface area contributed by atoms with Crippen molar-refractivity contribution in [1.29, 1.82) is 0 Å². The van der Waals surface area contributed by atoms with E-state index in [1.165, 1.54) is 4.90 Å². The average molecular weight is 290 g/mol. The summed E-state index contributed by atoms with van der Waals surface area (Å²) in [5, 5.41) is 9.05. The van der Waals surface area contributed by atoms with Gasteiger partial charge in [-0.1, -0.05) is 0 Å². The lowest BCUT2D eigenvalue weighted by atomic mass is 10.1. The van der Waals surface area contributed by atoms with Crippen molar-refractivity contribution in [3.05, 3.63) is 24.3 Å². The summed E-state index contributed by atoms with van der Waals surface area (Å²) in [6.07, 6.45) is 0.312. The first kappa shape index (κ1) is 13.9. The number of ether oxygens (including phenoxy) is 1. The van der Waals surface area contributed by atoms with Crippen LogP contribution >= 0.6 is 0 Å². The number of piperidine rings is 1. The van der Waals surface area contributed by atoms with Crippen LogP contribution in [-0.2, 0) is 9.53 Å². The number of rotatable bonds is 3. The van der Waals surface area contributed by atoms with Gasteiger partial charge in [-0.2, -0.15) is 0 Å². The molecule has 0 unspecified atom stereocenters. The molecule has 0 aliphatic carbocycles. The van der Waals surface area contributed by atoms with Gasteiger partial charge in [0.1, 0.15) is 11.9 Å². The number of carbonyl (C=O) groups excluding carboxylic acids is 2. The molecule has 1 N–H and O–H groups in total. The first-order valence-corrected chi connectivity index (χ1v) is 7.13. The Balaban J connectivity index is 1.69. The minimum absolute atomic E-state index is 0.165. The number of carbonyl (C=O) groups is 2. The van der Waals surface area contributed by atoms with Crippen LogP contribution < -0.4 is 9.80 Å². The number of nitrogens with zero attached hydrogens (tertiary/aromatic N) is 2. The lowest BCUT2D eigenvalue weighted by molar-refractivity contribution is -0.119. The molecule has 1 aromatic rings. The van der Waals surface area contributed by atoms with Crippen LogP contribution in [0.2, 0.25) is 0 Å². The number of hydrogen-bond donors (Lipinski definition) is 1. The van der Waals surface area contributed by atoms with Crippen LogP contribution in [0.3, 0.4) is 0 Å². The molecule has 1 amide bonds. The average Bonchev–Trinajstić information content (AvgIpc) is 2.89. The molecular weight excluding hydrogens is 272 g/mol. The van der Waals surface area contributed by atoms with Gasteiger partial charge >= 0.3 is 6.09 Å². The summed E-state index contributed by atoms with van der Waals surface area (Å²) in [5.41, 5.74) is 1.81. The zero-order valence-electron chi connectivity index (χ0n) is 11.7. The zero-order valence-corrected chi connectivity index (χ0v) is 11.7. The van der Waals surface area contributed by atoms with Gasteiger partial charge in [-0.25, -0.2) is 4.79 Å². The first-order valence-electron chi connectivity index (χ1n) is 7.13. The molecule has 21 heavy (non-hydrogen) atoms. The minimum Gasteiger partial charge on any atom is -0.441 e. The number of ketones is 1. The molecule has 2 aliphatic heterocycles. The summed E-state index contributed by atoms with van der Waals surface area (Å²) in [6, 6.07) is 7.63. The fourth-order valence-corrected chi connectivity index (χ4v) is 2.69. The van der Waals surface area contributed by atoms with Crippen LogP contribution in [0.4, 0.5) is 16.2 Å². The number of amides is 1. The summed E-state index contributed by atoms with van der Waals surface area (Å²) in [5.74, 6) is 0.317. The molecule has 0 saturated carbocycles. The third-order valence-corrected chi connectivity index (χ3v) is 3.93. The third-order valence-electron chi connectivity index (χ3n) is 3.93. The van der Waals surface area contributed by atoms with E-state index in [9.17, 15) is 9.59 Å². The summed E-state index contributed by atoms with van der Waals surface area (Å²) in [7, 11) is 0. The number of hydrogen-bond acceptors (Lipinski definition) is 5. The zero-order chi connectivity index (χ0) is 14.8. The van der Waals surface area contributed by atoms with Gasteiger partial charge in [0.2, 0.25) is 0 Å². The van der Waals surface area contributed by atoms with Gasteiger partial charge in [-0.3, -0.25) is 9.69 Å². The lowest BCUT2D eigenvalue weighted by Gasteiger charge is -2.28. The quantitative estimate of drug-likeness (QED) is 0.905. The van der Waals surface area contributed by atoms with Crippen molar-refractivity contribution in [3.8, 4) is 0 Å². The highest BCUT2D eigenvalue weighted by atomic mass is 16.6. The molecule has 0 aromatic heterocycles. The maximum absolute atomic E-state index is 11.7. The third kappa shape index (κ3) is 2.85. The maximum atomic E-state index is 11.7. The van der Waals surface area contributed by atoms with Gasteiger partial charge < -0.3 is 14.7 Å². The van der Waals surface area contributed by atoms with Crippen LogP contribution in [0.25, 0.3) is 0 Å². The van der Waals surface area contributed by atoms with Crippen molar-refractivity contribution >= 4 is 23.3 Å². The normalized spacial score (nSPS) is 22.6. The number of Topliss-reactive ketones (excluding diaryl/α,β-unsaturated/α-hetero) is 1. The second-order valence-electron chi connectivity index (χ2n) is 5.34. The molecule has 2 saturated heterocycles. The molecule has 112 valence electrons. The molecule has 0 spiro atoms. The van der Waals surface area contributed by atoms with Crippen LogP contribution in [0.5, 0.6) is 0 Å². The van der Waals surface area contributed by atoms with E-state index >= 15 is 0 Å². The van der Waals surface area contributed by atoms with Crippen LogP contribution in [0.1, 0.15) is 12.8 Å². The van der Waals surface area contributed by atoms with E-state index in [-0.39, 0.29) is 6.61 Å². The Morgan fingerprint density at radius 3 is 2.29 bits per heavy atom. The van der Waals surface area contributed by atoms with Crippen LogP contribution in [0, 0.1) is 0 Å². The Bertz CT molecular complexity index is 533. The molecule has 2 aliphatic rings. The predicted octanol–water partition coefficient (Wildman–Crippen LogP) is 1.17. The molecule has 6 nitrogen and oxygen atoms in total. The van der Waals surface area contributed by atoms with E-state index in [4.69, 9.17) is 9.84 Å². The fraction of sp³-hybridized carbons (Fsp3) is 0.467. The van der Waals surface area contributed by atoms with Crippen molar-refractivity contribution in [2.24, 2.45) is 0 Å². The van der Waals surface area contributed by atoms with E-state index in [1.54, 1.807) is 0 Å². The van der Waals surface area contributed by atoms with E-state index in [0.29, 0.717) is 25.2 Å². The van der Waals surface area contributed by atoms with Gasteiger partial charge in [0, 0.05) is 37.3 Å². The van der Waals surface area contributed by atoms with Crippen LogP contribution in [0.15, 0.2) is 24.3 Å². The number of anilines is 2. The van der Waals surface area contributed by atoms with Crippen molar-refractivity contribution in [2.45, 2.75) is 18.9 Å². The van der Waals surface area contributed by atoms with Crippen molar-refractivity contribution in [1.82, 2.24) is 0 Å². The Morgan fingerprint density at radius 1 is 1.10 bits per heavy atom. The second-order valence-corrected chi connectivity index (χ2v) is 5.34. The Kier molecular flexibility index (Phi) is 3.79. The van der Waals surface area contributed by atoms with E-state index in [0.717, 1.165) is 24.5 Å². The summed E-state index contributed by atoms with van der Waals surface area (Å²) < 4.78 is 5.02. The Labute approximate surface area is 122 Å². The SMILES string of the molecule is O=C1CCN(c2ccc(N3C[C@H](CO)OC3=O)cc2)CC1. The highest BCUT2D eigenvalue weighted by molar-refractivity contribution is 5.90. The van der Waals surface area contributed by atoms with Gasteiger partial charge in [-0.15, -0.1) is 0 Å². The molecule has 3 rings (SSSR count). The standard InChI is InChI=1S/C15H18N2O4/c18-10-14-9-17(15(20)21-14)12-3-1-11(2-4-12)16-7-5-13(19)6-8-16/h1-4,14,18H,5-10H2/t14-/m1/s1. The molecule has 0 radical (unpaired) electrons. The highest BCUT2D eigenvalue weighted by Crippen LogP contribution is 2.25. The van der Waals surface area contributed by atoms with E-state index in [1.807, 2.05) is 24.3 Å². The molecule has 2 fully saturated rings. The van der Waals surface area contributed by atoms with E-state index < -0.39 is 12.2 Å². The molecule has 6 heteroatoms. The highest BCUT2D eigenvalue weighted by Gasteiger charge is 2.31. The smallest absolute Gasteiger partial charge is 0.414 e. The van der Waals surface area contributed by atoms with Crippen molar-refractivity contribution in [3.63, 3.8) is 0 Å². The number of aliphatic hydroxyl groups is 1. The first-order chi connectivity index (χ1) is 10.2. The van der Waals surface area contributed by atoms with Gasteiger partial charge in [0.15, 0.2) is 0 Å². The lowest BCUT2D eigenvalue weighted by Crippen LogP contribution is -2.33. The Morgan fingerprint density at radius 2 is 1.71 bits per heavy atom.